The SMILES string of the molecule is C/C=C/CCNCc1cc(-c2cccs2)cs1. The topological polar surface area (TPSA) is 12.0 Å². The van der Waals surface area contributed by atoms with Crippen LogP contribution in [-0.2, 0) is 6.54 Å². The van der Waals surface area contributed by atoms with E-state index in [1.54, 1.807) is 11.3 Å². The molecule has 0 bridgehead atoms. The predicted octanol–water partition coefficient (Wildman–Crippen LogP) is 4.53. The minimum Gasteiger partial charge on any atom is -0.312 e. The zero-order valence-corrected chi connectivity index (χ0v) is 11.6. The summed E-state index contributed by atoms with van der Waals surface area (Å²) in [4.78, 5) is 2.77. The van der Waals surface area contributed by atoms with Gasteiger partial charge in [-0.3, -0.25) is 0 Å². The van der Waals surface area contributed by atoms with Crippen molar-refractivity contribution < 1.29 is 0 Å². The van der Waals surface area contributed by atoms with Crippen molar-refractivity contribution in [2.45, 2.75) is 19.9 Å². The molecule has 17 heavy (non-hydrogen) atoms. The van der Waals surface area contributed by atoms with Gasteiger partial charge in [-0.25, -0.2) is 0 Å². The van der Waals surface area contributed by atoms with Gasteiger partial charge in [0.05, 0.1) is 0 Å². The summed E-state index contributed by atoms with van der Waals surface area (Å²) >= 11 is 3.64. The van der Waals surface area contributed by atoms with E-state index in [4.69, 9.17) is 0 Å². The molecule has 2 aromatic rings. The Hall–Kier alpha value is -0.900. The monoisotopic (exact) mass is 263 g/mol. The van der Waals surface area contributed by atoms with Gasteiger partial charge in [-0.15, -0.1) is 22.7 Å². The lowest BCUT2D eigenvalue weighted by Crippen LogP contribution is -2.12. The molecule has 2 aromatic heterocycles. The molecule has 0 radical (unpaired) electrons. The second-order valence-corrected chi connectivity index (χ2v) is 5.76. The number of rotatable bonds is 6. The Balaban J connectivity index is 1.82. The molecule has 2 heterocycles. The molecule has 0 saturated carbocycles. The van der Waals surface area contributed by atoms with Gasteiger partial charge in [0.15, 0.2) is 0 Å². The molecule has 0 unspecified atom stereocenters. The van der Waals surface area contributed by atoms with E-state index < -0.39 is 0 Å². The highest BCUT2D eigenvalue weighted by Gasteiger charge is 2.02. The van der Waals surface area contributed by atoms with Crippen molar-refractivity contribution in [1.29, 1.82) is 0 Å². The van der Waals surface area contributed by atoms with Gasteiger partial charge in [0.1, 0.15) is 0 Å². The second kappa shape index (κ2) is 6.74. The van der Waals surface area contributed by atoms with E-state index >= 15 is 0 Å². The van der Waals surface area contributed by atoms with Crippen molar-refractivity contribution in [2.75, 3.05) is 6.54 Å². The molecule has 0 spiro atoms. The fourth-order valence-electron chi connectivity index (χ4n) is 1.61. The first-order valence-corrected chi connectivity index (χ1v) is 7.59. The van der Waals surface area contributed by atoms with Gasteiger partial charge in [0.25, 0.3) is 0 Å². The summed E-state index contributed by atoms with van der Waals surface area (Å²) in [6.45, 7) is 4.09. The van der Waals surface area contributed by atoms with E-state index in [-0.39, 0.29) is 0 Å². The molecule has 0 aliphatic rings. The molecule has 1 nitrogen and oxygen atoms in total. The Morgan fingerprint density at radius 2 is 2.29 bits per heavy atom. The number of nitrogens with one attached hydrogen (secondary N) is 1. The van der Waals surface area contributed by atoms with Crippen LogP contribution in [-0.4, -0.2) is 6.54 Å². The Morgan fingerprint density at radius 3 is 3.06 bits per heavy atom. The van der Waals surface area contributed by atoms with Crippen LogP contribution in [0.2, 0.25) is 0 Å². The van der Waals surface area contributed by atoms with E-state index in [0.717, 1.165) is 19.5 Å². The van der Waals surface area contributed by atoms with Crippen LogP contribution in [0.4, 0.5) is 0 Å². The molecule has 3 heteroatoms. The van der Waals surface area contributed by atoms with E-state index in [1.807, 2.05) is 11.3 Å². The van der Waals surface area contributed by atoms with Crippen LogP contribution in [0.5, 0.6) is 0 Å². The Bertz CT molecular complexity index is 454. The van der Waals surface area contributed by atoms with Crippen LogP contribution < -0.4 is 5.32 Å². The smallest absolute Gasteiger partial charge is 0.0351 e. The highest BCUT2D eigenvalue weighted by atomic mass is 32.1. The molecule has 0 aromatic carbocycles. The Labute approximate surface area is 111 Å². The van der Waals surface area contributed by atoms with Crippen LogP contribution >= 0.6 is 22.7 Å². The van der Waals surface area contributed by atoms with Crippen LogP contribution in [0.3, 0.4) is 0 Å². The summed E-state index contributed by atoms with van der Waals surface area (Å²) in [5.74, 6) is 0. The molecule has 0 aliphatic carbocycles. The molecule has 0 atom stereocenters. The first-order chi connectivity index (χ1) is 8.40. The van der Waals surface area contributed by atoms with Gasteiger partial charge < -0.3 is 5.32 Å². The van der Waals surface area contributed by atoms with Crippen LogP contribution in [0.25, 0.3) is 10.4 Å². The van der Waals surface area contributed by atoms with Gasteiger partial charge in [-0.05, 0) is 42.8 Å². The lowest BCUT2D eigenvalue weighted by molar-refractivity contribution is 0.702. The van der Waals surface area contributed by atoms with Gasteiger partial charge in [-0.2, -0.15) is 0 Å². The molecule has 0 amide bonds. The van der Waals surface area contributed by atoms with Crippen molar-refractivity contribution in [3.63, 3.8) is 0 Å². The third-order valence-electron chi connectivity index (χ3n) is 2.48. The quantitative estimate of drug-likeness (QED) is 0.596. The first kappa shape index (κ1) is 12.6. The van der Waals surface area contributed by atoms with Crippen molar-refractivity contribution in [2.24, 2.45) is 0 Å². The summed E-state index contributed by atoms with van der Waals surface area (Å²) in [7, 11) is 0. The Kier molecular flexibility index (Phi) is 4.98. The van der Waals surface area contributed by atoms with Crippen LogP contribution in [0.15, 0.2) is 41.1 Å². The van der Waals surface area contributed by atoms with Crippen molar-refractivity contribution >= 4 is 22.7 Å². The fraction of sp³-hybridized carbons (Fsp3) is 0.286. The minimum atomic E-state index is 0.980. The average molecular weight is 263 g/mol. The summed E-state index contributed by atoms with van der Waals surface area (Å²) < 4.78 is 0. The first-order valence-electron chi connectivity index (χ1n) is 5.83. The molecule has 90 valence electrons. The predicted molar refractivity (Wildman–Crippen MR) is 78.8 cm³/mol. The molecular weight excluding hydrogens is 246 g/mol. The van der Waals surface area contributed by atoms with Gasteiger partial charge in [-0.1, -0.05) is 18.2 Å². The van der Waals surface area contributed by atoms with Crippen LogP contribution in [0, 0.1) is 0 Å². The molecule has 0 aliphatic heterocycles. The number of hydrogen-bond donors (Lipinski definition) is 1. The van der Waals surface area contributed by atoms with Crippen LogP contribution in [0.1, 0.15) is 18.2 Å². The van der Waals surface area contributed by atoms with E-state index in [2.05, 4.69) is 53.4 Å². The van der Waals surface area contributed by atoms with E-state index in [9.17, 15) is 0 Å². The summed E-state index contributed by atoms with van der Waals surface area (Å²) in [5.41, 5.74) is 1.36. The summed E-state index contributed by atoms with van der Waals surface area (Å²) in [5, 5.41) is 7.83. The third-order valence-corrected chi connectivity index (χ3v) is 4.34. The second-order valence-electron chi connectivity index (χ2n) is 3.81. The minimum absolute atomic E-state index is 0.980. The molecule has 0 fully saturated rings. The summed E-state index contributed by atoms with van der Waals surface area (Å²) in [6.07, 6.45) is 5.40. The maximum Gasteiger partial charge on any atom is 0.0351 e. The maximum absolute atomic E-state index is 3.46. The lowest BCUT2D eigenvalue weighted by Gasteiger charge is -1.99. The van der Waals surface area contributed by atoms with Crippen molar-refractivity contribution in [3.8, 4) is 10.4 Å². The lowest BCUT2D eigenvalue weighted by atomic mass is 10.2. The number of hydrogen-bond acceptors (Lipinski definition) is 3. The van der Waals surface area contributed by atoms with Gasteiger partial charge >= 0.3 is 0 Å². The fourth-order valence-corrected chi connectivity index (χ4v) is 3.25. The van der Waals surface area contributed by atoms with Gasteiger partial charge in [0, 0.05) is 21.9 Å². The number of allylic oxidation sites excluding steroid dienone is 1. The third kappa shape index (κ3) is 3.80. The van der Waals surface area contributed by atoms with Crippen molar-refractivity contribution in [3.05, 3.63) is 46.0 Å². The molecular formula is C14H17NS2. The highest BCUT2D eigenvalue weighted by Crippen LogP contribution is 2.29. The molecule has 2 rings (SSSR count). The molecule has 1 N–H and O–H groups in total. The Morgan fingerprint density at radius 1 is 1.35 bits per heavy atom. The maximum atomic E-state index is 3.46. The zero-order chi connectivity index (χ0) is 11.9. The van der Waals surface area contributed by atoms with E-state index in [0.29, 0.717) is 0 Å². The summed E-state index contributed by atoms with van der Waals surface area (Å²) in [6, 6.07) is 6.57. The normalized spacial score (nSPS) is 11.4. The highest BCUT2D eigenvalue weighted by molar-refractivity contribution is 7.14. The van der Waals surface area contributed by atoms with Crippen molar-refractivity contribution in [1.82, 2.24) is 5.32 Å². The average Bonchev–Trinajstić information content (AvgIpc) is 2.99. The largest absolute Gasteiger partial charge is 0.312 e. The molecule has 0 saturated heterocycles. The van der Waals surface area contributed by atoms with Gasteiger partial charge in [0.2, 0.25) is 0 Å². The van der Waals surface area contributed by atoms with E-state index in [1.165, 1.54) is 15.3 Å². The standard InChI is InChI=1S/C14H17NS2/c1-2-3-4-7-15-10-13-9-12(11-17-13)14-6-5-8-16-14/h2-3,5-6,8-9,11,15H,4,7,10H2,1H3/b3-2+. The number of thiophene rings is 2. The zero-order valence-electron chi connectivity index (χ0n) is 9.98.